The smallest absolute Gasteiger partial charge is 0.270 e. The lowest BCUT2D eigenvalue weighted by atomic mass is 10.2. The number of aromatic nitrogens is 3. The van der Waals surface area contributed by atoms with Gasteiger partial charge in [0.15, 0.2) is 11.0 Å². The molecule has 0 spiro atoms. The van der Waals surface area contributed by atoms with E-state index in [1.54, 1.807) is 12.1 Å². The Morgan fingerprint density at radius 2 is 1.97 bits per heavy atom. The molecule has 3 aromatic rings. The molecule has 1 amide bonds. The van der Waals surface area contributed by atoms with Crippen molar-refractivity contribution in [2.24, 2.45) is 0 Å². The van der Waals surface area contributed by atoms with E-state index in [9.17, 15) is 14.9 Å². The SMILES string of the molecule is CCCCNC(=O)CSc1nnc(-c2cccc([N+](=O)[O-])c2)n1-c1ccccc1. The van der Waals surface area contributed by atoms with Crippen molar-refractivity contribution in [2.45, 2.75) is 24.9 Å². The van der Waals surface area contributed by atoms with Crippen LogP contribution in [-0.2, 0) is 4.79 Å². The molecule has 9 heteroatoms. The van der Waals surface area contributed by atoms with Crippen molar-refractivity contribution < 1.29 is 9.72 Å². The Kier molecular flexibility index (Phi) is 6.96. The summed E-state index contributed by atoms with van der Waals surface area (Å²) in [7, 11) is 0. The van der Waals surface area contributed by atoms with E-state index < -0.39 is 4.92 Å². The Labute approximate surface area is 172 Å². The van der Waals surface area contributed by atoms with E-state index in [-0.39, 0.29) is 17.3 Å². The van der Waals surface area contributed by atoms with E-state index >= 15 is 0 Å². The number of carbonyl (C=O) groups is 1. The van der Waals surface area contributed by atoms with Gasteiger partial charge in [-0.2, -0.15) is 0 Å². The van der Waals surface area contributed by atoms with Crippen LogP contribution in [0.25, 0.3) is 17.1 Å². The summed E-state index contributed by atoms with van der Waals surface area (Å²) in [5, 5.41) is 23.1. The quantitative estimate of drug-likeness (QED) is 0.248. The van der Waals surface area contributed by atoms with E-state index in [4.69, 9.17) is 0 Å². The fraction of sp³-hybridized carbons (Fsp3) is 0.250. The van der Waals surface area contributed by atoms with Crippen LogP contribution < -0.4 is 5.32 Å². The molecule has 150 valence electrons. The second kappa shape index (κ2) is 9.83. The lowest BCUT2D eigenvalue weighted by Gasteiger charge is -2.10. The van der Waals surface area contributed by atoms with E-state index in [1.807, 2.05) is 34.9 Å². The van der Waals surface area contributed by atoms with Crippen LogP contribution in [0.15, 0.2) is 59.8 Å². The third-order valence-electron chi connectivity index (χ3n) is 4.15. The third kappa shape index (κ3) is 5.20. The molecule has 0 saturated heterocycles. The van der Waals surface area contributed by atoms with Crippen molar-refractivity contribution in [3.63, 3.8) is 0 Å². The first-order chi connectivity index (χ1) is 14.1. The van der Waals surface area contributed by atoms with Crippen LogP contribution >= 0.6 is 11.8 Å². The molecule has 2 aromatic carbocycles. The number of hydrogen-bond donors (Lipinski definition) is 1. The fourth-order valence-corrected chi connectivity index (χ4v) is 3.49. The highest BCUT2D eigenvalue weighted by Gasteiger charge is 2.18. The third-order valence-corrected chi connectivity index (χ3v) is 5.08. The van der Waals surface area contributed by atoms with Crippen molar-refractivity contribution in [1.82, 2.24) is 20.1 Å². The highest BCUT2D eigenvalue weighted by atomic mass is 32.2. The van der Waals surface area contributed by atoms with Crippen LogP contribution in [0.1, 0.15) is 19.8 Å². The highest BCUT2D eigenvalue weighted by molar-refractivity contribution is 7.99. The van der Waals surface area contributed by atoms with Crippen LogP contribution in [0.5, 0.6) is 0 Å². The average Bonchev–Trinajstić information content (AvgIpc) is 3.17. The molecule has 0 aliphatic heterocycles. The van der Waals surface area contributed by atoms with Crippen molar-refractivity contribution in [3.05, 3.63) is 64.7 Å². The largest absolute Gasteiger partial charge is 0.355 e. The van der Waals surface area contributed by atoms with Gasteiger partial charge in [0.05, 0.1) is 10.7 Å². The molecule has 1 heterocycles. The van der Waals surface area contributed by atoms with Gasteiger partial charge in [-0.15, -0.1) is 10.2 Å². The first-order valence-electron chi connectivity index (χ1n) is 9.25. The molecule has 29 heavy (non-hydrogen) atoms. The molecule has 0 aliphatic carbocycles. The number of non-ortho nitro benzene ring substituents is 1. The lowest BCUT2D eigenvalue weighted by molar-refractivity contribution is -0.384. The van der Waals surface area contributed by atoms with Crippen LogP contribution in [0.4, 0.5) is 5.69 Å². The molecular weight excluding hydrogens is 390 g/mol. The zero-order valence-corrected chi connectivity index (χ0v) is 16.8. The van der Waals surface area contributed by atoms with Gasteiger partial charge in [-0.3, -0.25) is 19.5 Å². The van der Waals surface area contributed by atoms with Gasteiger partial charge in [-0.25, -0.2) is 0 Å². The number of thioether (sulfide) groups is 1. The van der Waals surface area contributed by atoms with Crippen molar-refractivity contribution in [3.8, 4) is 17.1 Å². The average molecular weight is 411 g/mol. The summed E-state index contributed by atoms with van der Waals surface area (Å²) in [6, 6.07) is 15.7. The standard InChI is InChI=1S/C20H21N5O3S/c1-2-3-12-21-18(26)14-29-20-23-22-19(24(20)16-9-5-4-6-10-16)15-8-7-11-17(13-15)25(27)28/h4-11,13H,2-3,12,14H2,1H3,(H,21,26). The Morgan fingerprint density at radius 3 is 2.69 bits per heavy atom. The van der Waals surface area contributed by atoms with Crippen molar-refractivity contribution >= 4 is 23.4 Å². The van der Waals surface area contributed by atoms with Crippen LogP contribution in [0.2, 0.25) is 0 Å². The Balaban J connectivity index is 1.91. The van der Waals surface area contributed by atoms with Gasteiger partial charge in [0.25, 0.3) is 5.69 Å². The number of rotatable bonds is 9. The molecule has 1 aromatic heterocycles. The highest BCUT2D eigenvalue weighted by Crippen LogP contribution is 2.29. The van der Waals surface area contributed by atoms with E-state index in [2.05, 4.69) is 22.4 Å². The molecule has 0 radical (unpaired) electrons. The number of nitrogens with one attached hydrogen (secondary N) is 1. The molecule has 8 nitrogen and oxygen atoms in total. The second-order valence-corrected chi connectivity index (χ2v) is 7.22. The molecule has 0 saturated carbocycles. The minimum Gasteiger partial charge on any atom is -0.355 e. The van der Waals surface area contributed by atoms with Gasteiger partial charge in [-0.05, 0) is 18.6 Å². The summed E-state index contributed by atoms with van der Waals surface area (Å²) < 4.78 is 1.81. The van der Waals surface area contributed by atoms with Crippen LogP contribution in [0, 0.1) is 10.1 Å². The second-order valence-electron chi connectivity index (χ2n) is 6.28. The van der Waals surface area contributed by atoms with Gasteiger partial charge in [0.2, 0.25) is 5.91 Å². The lowest BCUT2D eigenvalue weighted by Crippen LogP contribution is -2.26. The Bertz CT molecular complexity index is 991. The monoisotopic (exact) mass is 411 g/mol. The molecule has 0 fully saturated rings. The minimum absolute atomic E-state index is 0.0189. The first kappa shape index (κ1) is 20.5. The number of para-hydroxylation sites is 1. The van der Waals surface area contributed by atoms with E-state index in [0.717, 1.165) is 18.5 Å². The minimum atomic E-state index is -0.441. The zero-order chi connectivity index (χ0) is 20.6. The predicted octanol–water partition coefficient (Wildman–Crippen LogP) is 3.85. The summed E-state index contributed by atoms with van der Waals surface area (Å²) in [6.07, 6.45) is 1.95. The van der Waals surface area contributed by atoms with Crippen LogP contribution in [0.3, 0.4) is 0 Å². The number of unbranched alkanes of at least 4 members (excludes halogenated alkanes) is 1. The number of amides is 1. The van der Waals surface area contributed by atoms with Crippen molar-refractivity contribution in [1.29, 1.82) is 0 Å². The number of carbonyl (C=O) groups excluding carboxylic acids is 1. The van der Waals surface area contributed by atoms with Crippen LogP contribution in [-0.4, -0.2) is 37.9 Å². The molecule has 1 N–H and O–H groups in total. The van der Waals surface area contributed by atoms with Crippen molar-refractivity contribution in [2.75, 3.05) is 12.3 Å². The predicted molar refractivity (Wildman–Crippen MR) is 112 cm³/mol. The van der Waals surface area contributed by atoms with E-state index in [0.29, 0.717) is 23.1 Å². The number of nitro benzene ring substituents is 1. The van der Waals surface area contributed by atoms with Gasteiger partial charge >= 0.3 is 0 Å². The maximum absolute atomic E-state index is 12.1. The number of hydrogen-bond acceptors (Lipinski definition) is 6. The Morgan fingerprint density at radius 1 is 1.17 bits per heavy atom. The number of nitro groups is 1. The van der Waals surface area contributed by atoms with Gasteiger partial charge in [0.1, 0.15) is 0 Å². The number of nitrogens with zero attached hydrogens (tertiary/aromatic N) is 4. The normalized spacial score (nSPS) is 10.7. The molecule has 3 rings (SSSR count). The summed E-state index contributed by atoms with van der Waals surface area (Å²) >= 11 is 1.28. The van der Waals surface area contributed by atoms with Gasteiger partial charge in [-0.1, -0.05) is 55.4 Å². The summed E-state index contributed by atoms with van der Waals surface area (Å²) in [6.45, 7) is 2.72. The van der Waals surface area contributed by atoms with Gasteiger partial charge in [0, 0.05) is 29.9 Å². The summed E-state index contributed by atoms with van der Waals surface area (Å²) in [4.78, 5) is 22.8. The topological polar surface area (TPSA) is 103 Å². The molecule has 0 bridgehead atoms. The Hall–Kier alpha value is -3.20. The van der Waals surface area contributed by atoms with E-state index in [1.165, 1.54) is 23.9 Å². The molecular formula is C20H21N5O3S. The maximum Gasteiger partial charge on any atom is 0.270 e. The van der Waals surface area contributed by atoms with Gasteiger partial charge < -0.3 is 5.32 Å². The first-order valence-corrected chi connectivity index (χ1v) is 10.2. The fourth-order valence-electron chi connectivity index (χ4n) is 2.70. The molecule has 0 unspecified atom stereocenters. The molecule has 0 aliphatic rings. The molecule has 0 atom stereocenters. The number of benzene rings is 2. The zero-order valence-electron chi connectivity index (χ0n) is 15.9. The summed E-state index contributed by atoms with van der Waals surface area (Å²) in [5.74, 6) is 0.626. The summed E-state index contributed by atoms with van der Waals surface area (Å²) in [5.41, 5.74) is 1.37. The maximum atomic E-state index is 12.1.